The van der Waals surface area contributed by atoms with Crippen molar-refractivity contribution in [3.8, 4) is 11.5 Å². The van der Waals surface area contributed by atoms with Gasteiger partial charge in [0.2, 0.25) is 0 Å². The molecule has 0 aromatic heterocycles. The molecule has 0 aliphatic carbocycles. The first-order valence-corrected chi connectivity index (χ1v) is 13.3. The molecule has 39 heavy (non-hydrogen) atoms. The number of aliphatic hydroxyl groups is 1. The zero-order valence-corrected chi connectivity index (χ0v) is 22.4. The van der Waals surface area contributed by atoms with Crippen molar-refractivity contribution < 1.29 is 24.1 Å². The Morgan fingerprint density at radius 2 is 1.69 bits per heavy atom. The molecule has 1 aliphatic heterocycles. The number of benzene rings is 4. The van der Waals surface area contributed by atoms with Crippen molar-refractivity contribution in [3.63, 3.8) is 0 Å². The van der Waals surface area contributed by atoms with E-state index < -0.39 is 5.97 Å². The van der Waals surface area contributed by atoms with E-state index in [2.05, 4.69) is 35.3 Å². The highest BCUT2D eigenvalue weighted by atomic mass is 32.2. The number of ether oxygens (including phenoxy) is 3. The molecule has 4 aromatic rings. The summed E-state index contributed by atoms with van der Waals surface area (Å²) in [6.07, 6.45) is 1.78. The minimum absolute atomic E-state index is 0.0549. The minimum atomic E-state index is -0.615. The molecule has 4 aromatic carbocycles. The van der Waals surface area contributed by atoms with Crippen molar-refractivity contribution in [2.75, 3.05) is 13.7 Å². The smallest absolute Gasteiger partial charge is 0.344 e. The third-order valence-electron chi connectivity index (χ3n) is 6.05. The number of rotatable bonds is 8. The van der Waals surface area contributed by atoms with Gasteiger partial charge in [-0.05, 0) is 65.2 Å². The molecule has 0 atom stereocenters. The number of hydrogen-bond donors (Lipinski definition) is 1. The summed E-state index contributed by atoms with van der Waals surface area (Å²) in [4.78, 5) is 17.7. The van der Waals surface area contributed by atoms with Crippen LogP contribution in [0.2, 0.25) is 0 Å². The Morgan fingerprint density at radius 1 is 0.923 bits per heavy atom. The molecule has 0 saturated heterocycles. The van der Waals surface area contributed by atoms with E-state index in [1.165, 1.54) is 17.1 Å². The highest BCUT2D eigenvalue weighted by molar-refractivity contribution is 8.18. The van der Waals surface area contributed by atoms with Gasteiger partial charge in [0.15, 0.2) is 11.5 Å². The summed E-state index contributed by atoms with van der Waals surface area (Å²) in [5.74, 6) is 0.380. The van der Waals surface area contributed by atoms with Crippen molar-refractivity contribution in [1.82, 2.24) is 0 Å². The zero-order valence-electron chi connectivity index (χ0n) is 21.6. The van der Waals surface area contributed by atoms with Gasteiger partial charge in [-0.25, -0.2) is 9.79 Å². The third kappa shape index (κ3) is 5.99. The van der Waals surface area contributed by atoms with Gasteiger partial charge >= 0.3 is 5.97 Å². The van der Waals surface area contributed by atoms with Crippen molar-refractivity contribution >= 4 is 45.3 Å². The molecule has 1 N–H and O–H groups in total. The van der Waals surface area contributed by atoms with Gasteiger partial charge in [-0.3, -0.25) is 0 Å². The van der Waals surface area contributed by atoms with Gasteiger partial charge in [0.25, 0.3) is 0 Å². The van der Waals surface area contributed by atoms with E-state index in [-0.39, 0.29) is 17.9 Å². The SMILES string of the molecule is CCOC(=O)C1=C(O)/C(=C/c2ccc(OCc3ccc4ccccc4c3)c(OC)c2)SC1=Nc1ccccc1. The summed E-state index contributed by atoms with van der Waals surface area (Å²) < 4.78 is 16.9. The average Bonchev–Trinajstić information content (AvgIpc) is 3.26. The number of methoxy groups -OCH3 is 1. The fraction of sp³-hybridized carbons (Fsp3) is 0.125. The van der Waals surface area contributed by atoms with Crippen LogP contribution >= 0.6 is 11.8 Å². The van der Waals surface area contributed by atoms with E-state index in [0.29, 0.717) is 33.7 Å². The Labute approximate surface area is 231 Å². The van der Waals surface area contributed by atoms with E-state index in [1.54, 1.807) is 20.1 Å². The molecule has 5 rings (SSSR count). The first-order valence-electron chi connectivity index (χ1n) is 12.5. The van der Waals surface area contributed by atoms with Crippen molar-refractivity contribution in [3.05, 3.63) is 118 Å². The highest BCUT2D eigenvalue weighted by Crippen LogP contribution is 2.41. The number of hydrogen-bond acceptors (Lipinski definition) is 7. The summed E-state index contributed by atoms with van der Waals surface area (Å²) in [6, 6.07) is 29.2. The van der Waals surface area contributed by atoms with Gasteiger partial charge in [0.05, 0.1) is 24.3 Å². The number of para-hydroxylation sites is 1. The van der Waals surface area contributed by atoms with Gasteiger partial charge in [-0.2, -0.15) is 0 Å². The summed E-state index contributed by atoms with van der Waals surface area (Å²) in [5, 5.41) is 13.7. The molecule has 0 unspecified atom stereocenters. The normalized spacial score (nSPS) is 15.2. The number of aliphatic hydroxyl groups excluding tert-OH is 1. The summed E-state index contributed by atoms with van der Waals surface area (Å²) in [6.45, 7) is 2.30. The predicted molar refractivity (Wildman–Crippen MR) is 157 cm³/mol. The van der Waals surface area contributed by atoms with Crippen LogP contribution in [0.1, 0.15) is 18.1 Å². The molecule has 0 amide bonds. The summed E-state index contributed by atoms with van der Waals surface area (Å²) in [7, 11) is 1.58. The maximum absolute atomic E-state index is 12.7. The lowest BCUT2D eigenvalue weighted by Crippen LogP contribution is -2.12. The monoisotopic (exact) mass is 537 g/mol. The lowest BCUT2D eigenvalue weighted by atomic mass is 10.1. The molecule has 0 spiro atoms. The molecule has 7 heteroatoms. The first-order chi connectivity index (χ1) is 19.1. The number of carbonyl (C=O) groups is 1. The lowest BCUT2D eigenvalue weighted by Gasteiger charge is -2.12. The van der Waals surface area contributed by atoms with E-state index in [9.17, 15) is 9.90 Å². The average molecular weight is 538 g/mol. The number of carbonyl (C=O) groups excluding carboxylic acids is 1. The fourth-order valence-corrected chi connectivity index (χ4v) is 5.18. The molecule has 1 heterocycles. The van der Waals surface area contributed by atoms with Crippen LogP contribution in [0.3, 0.4) is 0 Å². The van der Waals surface area contributed by atoms with Crippen LogP contribution in [-0.2, 0) is 16.1 Å². The maximum Gasteiger partial charge on any atom is 0.344 e. The van der Waals surface area contributed by atoms with Crippen LogP contribution in [0, 0.1) is 0 Å². The summed E-state index contributed by atoms with van der Waals surface area (Å²) >= 11 is 1.21. The van der Waals surface area contributed by atoms with E-state index in [4.69, 9.17) is 14.2 Å². The van der Waals surface area contributed by atoms with Crippen molar-refractivity contribution in [1.29, 1.82) is 0 Å². The van der Waals surface area contributed by atoms with Crippen LogP contribution in [-0.4, -0.2) is 29.8 Å². The van der Waals surface area contributed by atoms with Gasteiger partial charge in [0.1, 0.15) is 23.0 Å². The Kier molecular flexibility index (Phi) is 7.99. The second-order valence-corrected chi connectivity index (χ2v) is 9.72. The van der Waals surface area contributed by atoms with Crippen LogP contribution in [0.5, 0.6) is 11.5 Å². The molecule has 0 radical (unpaired) electrons. The molecule has 1 aliphatic rings. The van der Waals surface area contributed by atoms with Gasteiger partial charge < -0.3 is 19.3 Å². The zero-order chi connectivity index (χ0) is 27.2. The molecule has 0 bridgehead atoms. The van der Waals surface area contributed by atoms with Crippen LogP contribution in [0.25, 0.3) is 16.8 Å². The van der Waals surface area contributed by atoms with Crippen LogP contribution in [0.15, 0.2) is 112 Å². The molecule has 0 fully saturated rings. The second-order valence-electron chi connectivity index (χ2n) is 8.69. The van der Waals surface area contributed by atoms with E-state index in [1.807, 2.05) is 60.7 Å². The van der Waals surface area contributed by atoms with E-state index >= 15 is 0 Å². The quantitative estimate of drug-likeness (QED) is 0.233. The standard InChI is InChI=1S/C32H27NO5S/c1-3-37-32(35)29-30(34)28(39-31(29)33-25-11-5-4-6-12-25)19-21-14-16-26(27(18-21)36-2)38-20-22-13-15-23-9-7-8-10-24(23)17-22/h4-19,34H,3,20H2,1-2H3/b28-19-,33-31?. The third-order valence-corrected chi connectivity index (χ3v) is 7.07. The number of esters is 1. The van der Waals surface area contributed by atoms with Gasteiger partial charge in [-0.1, -0.05) is 72.4 Å². The van der Waals surface area contributed by atoms with Gasteiger partial charge in [0, 0.05) is 0 Å². The number of aliphatic imine (C=N–C) groups is 1. The Balaban J connectivity index is 1.39. The highest BCUT2D eigenvalue weighted by Gasteiger charge is 2.33. The number of thioether (sulfide) groups is 1. The number of fused-ring (bicyclic) bond motifs is 1. The molecule has 0 saturated carbocycles. The van der Waals surface area contributed by atoms with Crippen LogP contribution in [0.4, 0.5) is 5.69 Å². The topological polar surface area (TPSA) is 77.4 Å². The molecule has 6 nitrogen and oxygen atoms in total. The Hall–Kier alpha value is -4.49. The minimum Gasteiger partial charge on any atom is -0.506 e. The molecular weight excluding hydrogens is 510 g/mol. The van der Waals surface area contributed by atoms with Gasteiger partial charge in [-0.15, -0.1) is 0 Å². The molecule has 196 valence electrons. The predicted octanol–water partition coefficient (Wildman–Crippen LogP) is 7.62. The first kappa shape index (κ1) is 26.1. The van der Waals surface area contributed by atoms with Crippen molar-refractivity contribution in [2.45, 2.75) is 13.5 Å². The second kappa shape index (κ2) is 11.9. The lowest BCUT2D eigenvalue weighted by molar-refractivity contribution is -0.138. The fourth-order valence-electron chi connectivity index (χ4n) is 4.15. The summed E-state index contributed by atoms with van der Waals surface area (Å²) in [5.41, 5.74) is 2.55. The van der Waals surface area contributed by atoms with E-state index in [0.717, 1.165) is 16.5 Å². The van der Waals surface area contributed by atoms with Crippen LogP contribution < -0.4 is 9.47 Å². The van der Waals surface area contributed by atoms with Crippen molar-refractivity contribution in [2.24, 2.45) is 4.99 Å². The Bertz CT molecular complexity index is 1610. The Morgan fingerprint density at radius 3 is 2.46 bits per heavy atom. The number of nitrogens with zero attached hydrogens (tertiary/aromatic N) is 1. The molecular formula is C32H27NO5S. The largest absolute Gasteiger partial charge is 0.506 e. The maximum atomic E-state index is 12.7.